The third-order valence-electron chi connectivity index (χ3n) is 5.33. The summed E-state index contributed by atoms with van der Waals surface area (Å²) in [6.07, 6.45) is -3.16. The molecule has 2 heterocycles. The van der Waals surface area contributed by atoms with Crippen LogP contribution in [0.4, 0.5) is 18.9 Å². The van der Waals surface area contributed by atoms with Gasteiger partial charge in [0.2, 0.25) is 5.88 Å². The summed E-state index contributed by atoms with van der Waals surface area (Å²) in [5.41, 5.74) is 2.55. The number of halogens is 3. The van der Waals surface area contributed by atoms with Gasteiger partial charge in [0.05, 0.1) is 23.4 Å². The molecule has 172 valence electrons. The minimum atomic E-state index is -4.82. The molecule has 0 aliphatic heterocycles. The molecule has 2 aromatic heterocycles. The summed E-state index contributed by atoms with van der Waals surface area (Å²) in [5.74, 6) is -0.718. The summed E-state index contributed by atoms with van der Waals surface area (Å²) in [6.45, 7) is 1.77. The fourth-order valence-corrected chi connectivity index (χ4v) is 3.78. The van der Waals surface area contributed by atoms with Gasteiger partial charge in [0, 0.05) is 31.4 Å². The Morgan fingerprint density at radius 2 is 1.79 bits per heavy atom. The van der Waals surface area contributed by atoms with E-state index in [2.05, 4.69) is 9.72 Å². The molecule has 0 unspecified atom stereocenters. The Hall–Kier alpha value is -3.95. The third-order valence-corrected chi connectivity index (χ3v) is 5.33. The summed E-state index contributed by atoms with van der Waals surface area (Å²) in [7, 11) is 3.83. The van der Waals surface area contributed by atoms with Crippen molar-refractivity contribution in [1.29, 1.82) is 0 Å². The summed E-state index contributed by atoms with van der Waals surface area (Å²) in [4.78, 5) is 19.6. The highest BCUT2D eigenvalue weighted by atomic mass is 19.4. The molecule has 0 amide bonds. The molecule has 0 radical (unpaired) electrons. The lowest BCUT2D eigenvalue weighted by Gasteiger charge is -2.17. The summed E-state index contributed by atoms with van der Waals surface area (Å²) in [5, 5.41) is 11.5. The van der Waals surface area contributed by atoms with Gasteiger partial charge in [-0.25, -0.2) is 9.36 Å². The van der Waals surface area contributed by atoms with E-state index < -0.39 is 17.8 Å². The van der Waals surface area contributed by atoms with Gasteiger partial charge in [-0.3, -0.25) is 9.55 Å². The first-order valence-electron chi connectivity index (χ1n) is 9.98. The Morgan fingerprint density at radius 1 is 1.09 bits per heavy atom. The quantitative estimate of drug-likeness (QED) is 0.485. The van der Waals surface area contributed by atoms with Crippen molar-refractivity contribution < 1.29 is 23.0 Å². The van der Waals surface area contributed by atoms with Crippen LogP contribution in [-0.4, -0.2) is 39.7 Å². The van der Waals surface area contributed by atoms with Crippen LogP contribution >= 0.6 is 0 Å². The van der Waals surface area contributed by atoms with Crippen LogP contribution in [0.15, 0.2) is 59.5 Å². The number of ether oxygens (including phenoxy) is 1. The van der Waals surface area contributed by atoms with Crippen molar-refractivity contribution in [3.8, 4) is 17.3 Å². The van der Waals surface area contributed by atoms with Gasteiger partial charge < -0.3 is 14.7 Å². The van der Waals surface area contributed by atoms with Crippen LogP contribution in [0.1, 0.15) is 11.3 Å². The molecular weight excluding hydrogens is 437 g/mol. The Labute approximate surface area is 186 Å². The molecule has 0 saturated heterocycles. The first kappa shape index (κ1) is 22.3. The van der Waals surface area contributed by atoms with Crippen LogP contribution < -0.4 is 15.3 Å². The van der Waals surface area contributed by atoms with E-state index in [0.717, 1.165) is 38.9 Å². The molecule has 0 aliphatic rings. The number of nitrogens with zero attached hydrogens (tertiary/aromatic N) is 4. The lowest BCUT2D eigenvalue weighted by atomic mass is 10.1. The van der Waals surface area contributed by atoms with Crippen molar-refractivity contribution in [3.05, 3.63) is 76.5 Å². The van der Waals surface area contributed by atoms with E-state index in [9.17, 15) is 23.1 Å². The maximum Gasteiger partial charge on any atom is 0.573 e. The van der Waals surface area contributed by atoms with Crippen molar-refractivity contribution in [1.82, 2.24) is 14.1 Å². The van der Waals surface area contributed by atoms with E-state index in [0.29, 0.717) is 5.69 Å². The second-order valence-corrected chi connectivity index (χ2v) is 7.69. The van der Waals surface area contributed by atoms with E-state index in [1.165, 1.54) is 16.7 Å². The zero-order valence-electron chi connectivity index (χ0n) is 18.1. The van der Waals surface area contributed by atoms with Crippen LogP contribution in [-0.2, 0) is 6.54 Å². The van der Waals surface area contributed by atoms with Gasteiger partial charge >= 0.3 is 12.1 Å². The first-order chi connectivity index (χ1) is 15.6. The number of hydrogen-bond acceptors (Lipinski definition) is 5. The topological polar surface area (TPSA) is 72.5 Å². The molecule has 0 spiro atoms. The first-order valence-corrected chi connectivity index (χ1v) is 9.98. The number of aromatic nitrogens is 3. The van der Waals surface area contributed by atoms with E-state index in [-0.39, 0.29) is 18.1 Å². The Balaban J connectivity index is 1.77. The molecule has 0 bridgehead atoms. The smallest absolute Gasteiger partial charge is 0.493 e. The van der Waals surface area contributed by atoms with Crippen LogP contribution in [0, 0.1) is 6.92 Å². The number of anilines is 1. The predicted molar refractivity (Wildman–Crippen MR) is 118 cm³/mol. The minimum Gasteiger partial charge on any atom is -0.493 e. The van der Waals surface area contributed by atoms with E-state index >= 15 is 0 Å². The number of alkyl halides is 3. The molecular formula is C23H21F3N4O3. The normalized spacial score (nSPS) is 11.7. The molecule has 0 fully saturated rings. The fourth-order valence-electron chi connectivity index (χ4n) is 3.78. The Bertz CT molecular complexity index is 1370. The molecule has 0 saturated carbocycles. The van der Waals surface area contributed by atoms with Crippen LogP contribution in [0.2, 0.25) is 0 Å². The van der Waals surface area contributed by atoms with Crippen molar-refractivity contribution >= 4 is 16.6 Å². The van der Waals surface area contributed by atoms with E-state index in [1.807, 2.05) is 43.3 Å². The largest absolute Gasteiger partial charge is 0.573 e. The average molecular weight is 458 g/mol. The van der Waals surface area contributed by atoms with Crippen LogP contribution in [0.3, 0.4) is 0 Å². The molecule has 10 heteroatoms. The van der Waals surface area contributed by atoms with Gasteiger partial charge in [-0.15, -0.1) is 13.2 Å². The highest BCUT2D eigenvalue weighted by Crippen LogP contribution is 2.30. The summed E-state index contributed by atoms with van der Waals surface area (Å²) in [6, 6.07) is 12.3. The minimum absolute atomic E-state index is 0.171. The zero-order chi connectivity index (χ0) is 23.9. The molecule has 7 nitrogen and oxygen atoms in total. The zero-order valence-corrected chi connectivity index (χ0v) is 18.1. The lowest BCUT2D eigenvalue weighted by molar-refractivity contribution is -0.274. The molecule has 0 atom stereocenters. The number of benzene rings is 2. The lowest BCUT2D eigenvalue weighted by Crippen LogP contribution is -2.24. The molecule has 33 heavy (non-hydrogen) atoms. The number of imidazole rings is 1. The van der Waals surface area contributed by atoms with Gasteiger partial charge in [0.25, 0.3) is 0 Å². The maximum absolute atomic E-state index is 13.2. The van der Waals surface area contributed by atoms with Gasteiger partial charge in [-0.1, -0.05) is 6.07 Å². The molecule has 4 rings (SSSR count). The van der Waals surface area contributed by atoms with Crippen molar-refractivity contribution in [2.24, 2.45) is 0 Å². The average Bonchev–Trinajstić information content (AvgIpc) is 2.96. The number of fused-ring (bicyclic) bond motifs is 1. The van der Waals surface area contributed by atoms with Crippen LogP contribution in [0.25, 0.3) is 16.6 Å². The number of hydrogen-bond donors (Lipinski definition) is 1. The number of aromatic hydroxyl groups is 1. The number of rotatable bonds is 5. The van der Waals surface area contributed by atoms with Gasteiger partial charge in [0.15, 0.2) is 0 Å². The molecule has 0 aliphatic carbocycles. The highest BCUT2D eigenvalue weighted by Gasteiger charge is 2.31. The van der Waals surface area contributed by atoms with Gasteiger partial charge in [0.1, 0.15) is 5.75 Å². The highest BCUT2D eigenvalue weighted by molar-refractivity contribution is 5.94. The monoisotopic (exact) mass is 458 g/mol. The predicted octanol–water partition coefficient (Wildman–Crippen LogP) is 4.21. The SMILES string of the molecule is Cc1c(O)n(-c2ccc(OC(F)(F)F)cc2)c(=O)n1Cc1ccnc2cccc(N(C)C)c12. The van der Waals surface area contributed by atoms with E-state index in [1.54, 1.807) is 13.1 Å². The molecule has 2 aromatic carbocycles. The van der Waals surface area contributed by atoms with Gasteiger partial charge in [-0.2, -0.15) is 0 Å². The van der Waals surface area contributed by atoms with Crippen molar-refractivity contribution in [2.75, 3.05) is 19.0 Å². The van der Waals surface area contributed by atoms with Gasteiger partial charge in [-0.05, 0) is 55.0 Å². The van der Waals surface area contributed by atoms with E-state index in [4.69, 9.17) is 0 Å². The number of pyridine rings is 1. The maximum atomic E-state index is 13.2. The standard InChI is InChI=1S/C23H21F3N4O3/c1-14-21(31)30(16-7-9-17(10-8-16)33-23(24,25)26)22(32)29(14)13-15-11-12-27-18-5-4-6-19(20(15)18)28(2)3/h4-12,31H,13H2,1-3H3. The summed E-state index contributed by atoms with van der Waals surface area (Å²) >= 11 is 0. The fraction of sp³-hybridized carbons (Fsp3) is 0.217. The van der Waals surface area contributed by atoms with Crippen molar-refractivity contribution in [3.63, 3.8) is 0 Å². The molecule has 4 aromatic rings. The van der Waals surface area contributed by atoms with Crippen molar-refractivity contribution in [2.45, 2.75) is 19.8 Å². The third kappa shape index (κ3) is 4.23. The van der Waals surface area contributed by atoms with Crippen LogP contribution in [0.5, 0.6) is 11.6 Å². The Morgan fingerprint density at radius 3 is 2.42 bits per heavy atom. The Kier molecular flexibility index (Phi) is 5.52. The summed E-state index contributed by atoms with van der Waals surface area (Å²) < 4.78 is 43.6. The molecule has 1 N–H and O–H groups in total. The second-order valence-electron chi connectivity index (χ2n) is 7.69. The second kappa shape index (κ2) is 8.19.